The maximum Gasteiger partial charge on any atom is 0.330 e. The van der Waals surface area contributed by atoms with Crippen LogP contribution in [0.4, 0.5) is 17.2 Å². The van der Waals surface area contributed by atoms with Crippen LogP contribution in [-0.2, 0) is 6.54 Å². The number of carbonyl (C=O) groups excluding carboxylic acids is 1. The predicted molar refractivity (Wildman–Crippen MR) is 115 cm³/mol. The van der Waals surface area contributed by atoms with E-state index in [0.717, 1.165) is 17.4 Å². The fourth-order valence-corrected chi connectivity index (χ4v) is 3.14. The van der Waals surface area contributed by atoms with Crippen molar-refractivity contribution in [3.8, 4) is 0 Å². The van der Waals surface area contributed by atoms with Gasteiger partial charge in [0.2, 0.25) is 0 Å². The molecule has 0 atom stereocenters. The SMILES string of the molecule is CCCCN(C(=O)c1cc([N+](=O)[O-])ccc1Cl)c1c(N)n(CCCC)c(=O)[nH]c1=O. The number of halogens is 1. The molecule has 1 aromatic heterocycles. The molecule has 162 valence electrons. The Bertz CT molecular complexity index is 1060. The zero-order valence-electron chi connectivity index (χ0n) is 16.8. The fourth-order valence-electron chi connectivity index (χ4n) is 2.94. The number of amides is 1. The van der Waals surface area contributed by atoms with Crippen molar-refractivity contribution in [2.75, 3.05) is 17.2 Å². The second-order valence-electron chi connectivity index (χ2n) is 6.73. The monoisotopic (exact) mass is 437 g/mol. The summed E-state index contributed by atoms with van der Waals surface area (Å²) in [5.41, 5.74) is 4.05. The highest BCUT2D eigenvalue weighted by molar-refractivity contribution is 6.34. The molecule has 2 rings (SSSR count). The number of hydrogen-bond acceptors (Lipinski definition) is 6. The van der Waals surface area contributed by atoms with E-state index in [1.807, 2.05) is 13.8 Å². The molecule has 0 saturated heterocycles. The summed E-state index contributed by atoms with van der Waals surface area (Å²) in [5.74, 6) is -0.849. The number of nitrogen functional groups attached to an aromatic ring is 1. The average Bonchev–Trinajstić information content (AvgIpc) is 2.69. The Morgan fingerprint density at radius 3 is 2.53 bits per heavy atom. The molecule has 1 heterocycles. The van der Waals surface area contributed by atoms with Crippen LogP contribution in [-0.4, -0.2) is 26.9 Å². The zero-order chi connectivity index (χ0) is 22.4. The minimum Gasteiger partial charge on any atom is -0.383 e. The molecular weight excluding hydrogens is 414 g/mol. The summed E-state index contributed by atoms with van der Waals surface area (Å²) in [6, 6.07) is 3.49. The van der Waals surface area contributed by atoms with Gasteiger partial charge in [-0.05, 0) is 18.9 Å². The lowest BCUT2D eigenvalue weighted by molar-refractivity contribution is -0.384. The number of H-pyrrole nitrogens is 1. The van der Waals surface area contributed by atoms with Crippen molar-refractivity contribution in [2.24, 2.45) is 0 Å². The first kappa shape index (κ1) is 23.1. The Kier molecular flexibility index (Phi) is 7.76. The van der Waals surface area contributed by atoms with Gasteiger partial charge in [0.05, 0.1) is 15.5 Å². The Labute approximate surface area is 177 Å². The maximum absolute atomic E-state index is 13.3. The van der Waals surface area contributed by atoms with Crippen LogP contribution >= 0.6 is 11.6 Å². The number of anilines is 2. The van der Waals surface area contributed by atoms with Crippen molar-refractivity contribution in [2.45, 2.75) is 46.1 Å². The van der Waals surface area contributed by atoms with Crippen LogP contribution in [0.25, 0.3) is 0 Å². The van der Waals surface area contributed by atoms with Crippen LogP contribution < -0.4 is 21.9 Å². The average molecular weight is 438 g/mol. The smallest absolute Gasteiger partial charge is 0.330 e. The van der Waals surface area contributed by atoms with Crippen molar-refractivity contribution in [3.05, 3.63) is 59.7 Å². The third-order valence-corrected chi connectivity index (χ3v) is 4.92. The first-order valence-electron chi connectivity index (χ1n) is 9.61. The Hall–Kier alpha value is -3.14. The number of nitrogens with zero attached hydrogens (tertiary/aromatic N) is 3. The van der Waals surface area contributed by atoms with Crippen LogP contribution in [0.3, 0.4) is 0 Å². The van der Waals surface area contributed by atoms with Gasteiger partial charge in [0.1, 0.15) is 5.82 Å². The number of unbranched alkanes of at least 4 members (excludes halogenated alkanes) is 2. The summed E-state index contributed by atoms with van der Waals surface area (Å²) >= 11 is 6.12. The van der Waals surface area contributed by atoms with E-state index in [0.29, 0.717) is 19.3 Å². The number of rotatable bonds is 9. The highest BCUT2D eigenvalue weighted by Gasteiger charge is 2.27. The van der Waals surface area contributed by atoms with E-state index in [4.69, 9.17) is 17.3 Å². The summed E-state index contributed by atoms with van der Waals surface area (Å²) in [6.45, 7) is 4.24. The van der Waals surface area contributed by atoms with E-state index >= 15 is 0 Å². The summed E-state index contributed by atoms with van der Waals surface area (Å²) in [5, 5.41) is 11.1. The minimum absolute atomic E-state index is 0.00130. The Morgan fingerprint density at radius 2 is 1.93 bits per heavy atom. The topological polar surface area (TPSA) is 144 Å². The number of nitrogens with one attached hydrogen (secondary N) is 1. The Balaban J connectivity index is 2.65. The van der Waals surface area contributed by atoms with Crippen LogP contribution in [0.15, 0.2) is 27.8 Å². The molecule has 0 aliphatic heterocycles. The van der Waals surface area contributed by atoms with Crippen molar-refractivity contribution in [3.63, 3.8) is 0 Å². The van der Waals surface area contributed by atoms with E-state index in [9.17, 15) is 24.5 Å². The minimum atomic E-state index is -0.809. The van der Waals surface area contributed by atoms with Gasteiger partial charge in [-0.1, -0.05) is 38.3 Å². The number of aromatic nitrogens is 2. The summed E-state index contributed by atoms with van der Waals surface area (Å²) in [7, 11) is 0. The van der Waals surface area contributed by atoms with Gasteiger partial charge in [0, 0.05) is 25.2 Å². The van der Waals surface area contributed by atoms with Gasteiger partial charge in [-0.2, -0.15) is 0 Å². The van der Waals surface area contributed by atoms with E-state index in [2.05, 4.69) is 4.98 Å². The van der Waals surface area contributed by atoms with Crippen LogP contribution in [0.1, 0.15) is 49.9 Å². The standard InChI is InChI=1S/C19H24ClN5O5/c1-3-5-9-23(18(27)13-11-12(25(29)30)7-8-14(13)20)15-16(21)24(10-6-4-2)19(28)22-17(15)26/h7-8,11H,3-6,9-10,21H2,1-2H3,(H,22,26,28). The number of benzene rings is 1. The number of nitrogens with two attached hydrogens (primary N) is 1. The number of nitro groups is 1. The molecule has 0 bridgehead atoms. The summed E-state index contributed by atoms with van der Waals surface area (Å²) < 4.78 is 1.21. The maximum atomic E-state index is 13.3. The highest BCUT2D eigenvalue weighted by Crippen LogP contribution is 2.27. The Morgan fingerprint density at radius 1 is 1.27 bits per heavy atom. The van der Waals surface area contributed by atoms with Crippen molar-refractivity contribution >= 4 is 34.7 Å². The largest absolute Gasteiger partial charge is 0.383 e. The molecule has 1 amide bonds. The van der Waals surface area contributed by atoms with E-state index in [1.165, 1.54) is 16.7 Å². The fraction of sp³-hybridized carbons (Fsp3) is 0.421. The molecule has 0 saturated carbocycles. The molecule has 0 fully saturated rings. The lowest BCUT2D eigenvalue weighted by Crippen LogP contribution is -2.41. The number of nitro benzene ring substituents is 1. The second-order valence-corrected chi connectivity index (χ2v) is 7.14. The van der Waals surface area contributed by atoms with E-state index < -0.39 is 22.1 Å². The molecule has 0 spiro atoms. The van der Waals surface area contributed by atoms with E-state index in [-0.39, 0.29) is 40.9 Å². The number of aromatic amines is 1. The molecule has 0 radical (unpaired) electrons. The van der Waals surface area contributed by atoms with Gasteiger partial charge >= 0.3 is 5.69 Å². The molecule has 0 aliphatic rings. The zero-order valence-corrected chi connectivity index (χ0v) is 17.6. The molecule has 10 nitrogen and oxygen atoms in total. The molecule has 2 aromatic rings. The molecule has 3 N–H and O–H groups in total. The van der Waals surface area contributed by atoms with Gasteiger partial charge in [0.25, 0.3) is 17.2 Å². The molecule has 1 aromatic carbocycles. The molecular formula is C19H24ClN5O5. The number of hydrogen-bond donors (Lipinski definition) is 2. The number of carbonyl (C=O) groups is 1. The van der Waals surface area contributed by atoms with Gasteiger partial charge in [-0.25, -0.2) is 4.79 Å². The van der Waals surface area contributed by atoms with Gasteiger partial charge < -0.3 is 10.6 Å². The first-order chi connectivity index (χ1) is 14.2. The quantitative estimate of drug-likeness (QED) is 0.455. The van der Waals surface area contributed by atoms with Crippen molar-refractivity contribution in [1.82, 2.24) is 9.55 Å². The lowest BCUT2D eigenvalue weighted by atomic mass is 10.1. The molecule has 30 heavy (non-hydrogen) atoms. The summed E-state index contributed by atoms with van der Waals surface area (Å²) in [6.07, 6.45) is 2.68. The van der Waals surface area contributed by atoms with Gasteiger partial charge in [-0.15, -0.1) is 0 Å². The third-order valence-electron chi connectivity index (χ3n) is 4.59. The highest BCUT2D eigenvalue weighted by atomic mass is 35.5. The third kappa shape index (κ3) is 4.88. The van der Waals surface area contributed by atoms with Crippen molar-refractivity contribution < 1.29 is 9.72 Å². The summed E-state index contributed by atoms with van der Waals surface area (Å²) in [4.78, 5) is 51.9. The first-order valence-corrected chi connectivity index (χ1v) is 9.99. The van der Waals surface area contributed by atoms with Crippen LogP contribution in [0, 0.1) is 10.1 Å². The number of non-ortho nitro benzene ring substituents is 1. The molecule has 0 unspecified atom stereocenters. The van der Waals surface area contributed by atoms with E-state index in [1.54, 1.807) is 0 Å². The van der Waals surface area contributed by atoms with Crippen LogP contribution in [0.5, 0.6) is 0 Å². The lowest BCUT2D eigenvalue weighted by Gasteiger charge is -2.25. The second kappa shape index (κ2) is 10.1. The van der Waals surface area contributed by atoms with Crippen LogP contribution in [0.2, 0.25) is 5.02 Å². The normalized spacial score (nSPS) is 10.8. The predicted octanol–water partition coefficient (Wildman–Crippen LogP) is 2.93. The molecule has 11 heteroatoms. The molecule has 0 aliphatic carbocycles. The van der Waals surface area contributed by atoms with Gasteiger partial charge in [0.15, 0.2) is 5.69 Å². The van der Waals surface area contributed by atoms with Gasteiger partial charge in [-0.3, -0.25) is 29.3 Å². The van der Waals surface area contributed by atoms with Crippen molar-refractivity contribution in [1.29, 1.82) is 0 Å².